The Kier molecular flexibility index (Phi) is 5.17. The summed E-state index contributed by atoms with van der Waals surface area (Å²) in [6.45, 7) is 0.398. The molecule has 1 aromatic rings. The number of nitriles is 1. The monoisotopic (exact) mass is 221 g/mol. The van der Waals surface area contributed by atoms with E-state index in [1.165, 1.54) is 0 Å². The first-order valence-electron chi connectivity index (χ1n) is 5.08. The van der Waals surface area contributed by atoms with Gasteiger partial charge in [-0.1, -0.05) is 0 Å². The summed E-state index contributed by atoms with van der Waals surface area (Å²) in [5.41, 5.74) is 0. The number of aliphatic hydroxyl groups excluding tert-OH is 1. The number of nitrogens with zero attached hydrogens (tertiary/aromatic N) is 1. The molecular weight excluding hydrogens is 206 g/mol. The van der Waals surface area contributed by atoms with Crippen LogP contribution in [0, 0.1) is 11.3 Å². The van der Waals surface area contributed by atoms with Crippen molar-refractivity contribution in [2.45, 2.75) is 18.9 Å². The Bertz CT molecular complexity index is 342. The first-order valence-corrected chi connectivity index (χ1v) is 5.08. The fourth-order valence-electron chi connectivity index (χ4n) is 1.19. The Morgan fingerprint density at radius 1 is 1.31 bits per heavy atom. The third kappa shape index (κ3) is 4.20. The Balaban J connectivity index is 2.29. The van der Waals surface area contributed by atoms with Crippen LogP contribution in [0.25, 0.3) is 0 Å². The van der Waals surface area contributed by atoms with Gasteiger partial charge in [0.05, 0.1) is 32.3 Å². The predicted molar refractivity (Wildman–Crippen MR) is 59.3 cm³/mol. The average Bonchev–Trinajstić information content (AvgIpc) is 2.30. The molecule has 0 radical (unpaired) electrons. The quantitative estimate of drug-likeness (QED) is 0.794. The standard InChI is InChI=1S/C12H15NO3/c1-15-11-2-4-12(5-3-11)16-9-7-10(14)6-8-13/h2-5,10,14H,6-7,9H2,1H3. The Hall–Kier alpha value is -1.73. The minimum absolute atomic E-state index is 0.145. The lowest BCUT2D eigenvalue weighted by atomic mass is 10.2. The molecule has 0 amide bonds. The minimum atomic E-state index is -0.608. The van der Waals surface area contributed by atoms with Gasteiger partial charge in [-0.3, -0.25) is 0 Å². The SMILES string of the molecule is COc1ccc(OCCC(O)CC#N)cc1. The van der Waals surface area contributed by atoms with Crippen molar-refractivity contribution >= 4 is 0 Å². The number of methoxy groups -OCH3 is 1. The summed E-state index contributed by atoms with van der Waals surface area (Å²) in [7, 11) is 1.61. The van der Waals surface area contributed by atoms with Crippen LogP contribution in [-0.4, -0.2) is 24.9 Å². The van der Waals surface area contributed by atoms with Gasteiger partial charge in [-0.2, -0.15) is 5.26 Å². The van der Waals surface area contributed by atoms with Gasteiger partial charge in [0.2, 0.25) is 0 Å². The first kappa shape index (κ1) is 12.3. The summed E-state index contributed by atoms with van der Waals surface area (Å²) in [5, 5.41) is 17.6. The van der Waals surface area contributed by atoms with E-state index in [9.17, 15) is 5.11 Å². The summed E-state index contributed by atoms with van der Waals surface area (Å²) < 4.78 is 10.4. The second-order valence-corrected chi connectivity index (χ2v) is 3.33. The molecule has 0 heterocycles. The lowest BCUT2D eigenvalue weighted by molar-refractivity contribution is 0.143. The molecule has 0 aliphatic heterocycles. The van der Waals surface area contributed by atoms with Gasteiger partial charge in [0.15, 0.2) is 0 Å². The molecule has 4 heteroatoms. The van der Waals surface area contributed by atoms with Gasteiger partial charge in [0, 0.05) is 6.42 Å². The van der Waals surface area contributed by atoms with Crippen molar-refractivity contribution in [3.8, 4) is 17.6 Å². The molecule has 0 bridgehead atoms. The fourth-order valence-corrected chi connectivity index (χ4v) is 1.19. The zero-order chi connectivity index (χ0) is 11.8. The smallest absolute Gasteiger partial charge is 0.119 e. The second kappa shape index (κ2) is 6.70. The summed E-state index contributed by atoms with van der Waals surface area (Å²) in [5.74, 6) is 1.50. The summed E-state index contributed by atoms with van der Waals surface area (Å²) >= 11 is 0. The van der Waals surface area contributed by atoms with Crippen molar-refractivity contribution in [3.63, 3.8) is 0 Å². The molecule has 4 nitrogen and oxygen atoms in total. The van der Waals surface area contributed by atoms with Gasteiger partial charge < -0.3 is 14.6 Å². The Morgan fingerprint density at radius 3 is 2.50 bits per heavy atom. The third-order valence-electron chi connectivity index (χ3n) is 2.11. The molecule has 0 aliphatic carbocycles. The van der Waals surface area contributed by atoms with Crippen LogP contribution in [0.15, 0.2) is 24.3 Å². The molecule has 1 atom stereocenters. The van der Waals surface area contributed by atoms with E-state index in [-0.39, 0.29) is 6.42 Å². The van der Waals surface area contributed by atoms with Crippen LogP contribution in [0.4, 0.5) is 0 Å². The van der Waals surface area contributed by atoms with Gasteiger partial charge in [0.25, 0.3) is 0 Å². The Morgan fingerprint density at radius 2 is 1.94 bits per heavy atom. The molecule has 0 spiro atoms. The maximum Gasteiger partial charge on any atom is 0.119 e. The summed E-state index contributed by atoms with van der Waals surface area (Å²) in [4.78, 5) is 0. The van der Waals surface area contributed by atoms with E-state index in [1.807, 2.05) is 6.07 Å². The number of hydrogen-bond acceptors (Lipinski definition) is 4. The number of benzene rings is 1. The van der Waals surface area contributed by atoms with Gasteiger partial charge in [-0.15, -0.1) is 0 Å². The molecule has 1 N–H and O–H groups in total. The highest BCUT2D eigenvalue weighted by atomic mass is 16.5. The van der Waals surface area contributed by atoms with Gasteiger partial charge in [-0.25, -0.2) is 0 Å². The number of ether oxygens (including phenoxy) is 2. The van der Waals surface area contributed by atoms with Crippen molar-refractivity contribution in [1.29, 1.82) is 5.26 Å². The summed E-state index contributed by atoms with van der Waals surface area (Å²) in [6.07, 6.45) is -0.00536. The van der Waals surface area contributed by atoms with Crippen LogP contribution in [-0.2, 0) is 0 Å². The lowest BCUT2D eigenvalue weighted by Gasteiger charge is -2.09. The lowest BCUT2D eigenvalue weighted by Crippen LogP contribution is -2.10. The van der Waals surface area contributed by atoms with E-state index in [0.29, 0.717) is 13.0 Å². The molecule has 0 saturated heterocycles. The number of aliphatic hydroxyl groups is 1. The van der Waals surface area contributed by atoms with Crippen LogP contribution in [0.2, 0.25) is 0 Å². The minimum Gasteiger partial charge on any atom is -0.497 e. The highest BCUT2D eigenvalue weighted by Crippen LogP contribution is 2.17. The fraction of sp³-hybridized carbons (Fsp3) is 0.417. The molecule has 0 fully saturated rings. The van der Waals surface area contributed by atoms with E-state index in [4.69, 9.17) is 14.7 Å². The normalized spacial score (nSPS) is 11.6. The molecule has 0 aliphatic rings. The largest absolute Gasteiger partial charge is 0.497 e. The van der Waals surface area contributed by atoms with Crippen LogP contribution in [0.5, 0.6) is 11.5 Å². The van der Waals surface area contributed by atoms with Gasteiger partial charge in [-0.05, 0) is 24.3 Å². The zero-order valence-corrected chi connectivity index (χ0v) is 9.22. The maximum absolute atomic E-state index is 9.29. The van der Waals surface area contributed by atoms with Crippen molar-refractivity contribution in [3.05, 3.63) is 24.3 Å². The average molecular weight is 221 g/mol. The molecule has 0 aromatic heterocycles. The second-order valence-electron chi connectivity index (χ2n) is 3.33. The highest BCUT2D eigenvalue weighted by molar-refractivity contribution is 5.31. The van der Waals surface area contributed by atoms with Crippen LogP contribution < -0.4 is 9.47 Å². The molecule has 16 heavy (non-hydrogen) atoms. The van der Waals surface area contributed by atoms with E-state index >= 15 is 0 Å². The number of hydrogen-bond donors (Lipinski definition) is 1. The maximum atomic E-state index is 9.29. The van der Waals surface area contributed by atoms with E-state index in [0.717, 1.165) is 11.5 Å². The van der Waals surface area contributed by atoms with E-state index in [1.54, 1.807) is 31.4 Å². The molecular formula is C12H15NO3. The predicted octanol–water partition coefficient (Wildman–Crippen LogP) is 1.74. The highest BCUT2D eigenvalue weighted by Gasteiger charge is 2.03. The molecule has 1 aromatic carbocycles. The molecule has 1 rings (SSSR count). The van der Waals surface area contributed by atoms with Crippen molar-refractivity contribution in [2.75, 3.05) is 13.7 Å². The molecule has 1 unspecified atom stereocenters. The zero-order valence-electron chi connectivity index (χ0n) is 9.22. The van der Waals surface area contributed by atoms with Crippen molar-refractivity contribution in [1.82, 2.24) is 0 Å². The van der Waals surface area contributed by atoms with Gasteiger partial charge >= 0.3 is 0 Å². The molecule has 0 saturated carbocycles. The van der Waals surface area contributed by atoms with E-state index < -0.39 is 6.10 Å². The number of rotatable bonds is 6. The van der Waals surface area contributed by atoms with Crippen LogP contribution >= 0.6 is 0 Å². The Labute approximate surface area is 95.0 Å². The van der Waals surface area contributed by atoms with Crippen LogP contribution in [0.1, 0.15) is 12.8 Å². The first-order chi connectivity index (χ1) is 7.76. The molecule has 86 valence electrons. The van der Waals surface area contributed by atoms with Crippen molar-refractivity contribution in [2.24, 2.45) is 0 Å². The van der Waals surface area contributed by atoms with E-state index in [2.05, 4.69) is 0 Å². The topological polar surface area (TPSA) is 62.5 Å². The summed E-state index contributed by atoms with van der Waals surface area (Å²) in [6, 6.07) is 9.12. The third-order valence-corrected chi connectivity index (χ3v) is 2.11. The van der Waals surface area contributed by atoms with Crippen LogP contribution in [0.3, 0.4) is 0 Å². The van der Waals surface area contributed by atoms with Gasteiger partial charge in [0.1, 0.15) is 11.5 Å². The van der Waals surface area contributed by atoms with Crippen molar-refractivity contribution < 1.29 is 14.6 Å².